The summed E-state index contributed by atoms with van der Waals surface area (Å²) in [5.41, 5.74) is 2.70. The van der Waals surface area contributed by atoms with Crippen molar-refractivity contribution in [3.8, 4) is 11.1 Å². The summed E-state index contributed by atoms with van der Waals surface area (Å²) in [6.07, 6.45) is 1.82. The van der Waals surface area contributed by atoms with Gasteiger partial charge in [0.15, 0.2) is 5.76 Å². The molecule has 10 heteroatoms. The molecule has 5 rings (SSSR count). The number of para-hydroxylation sites is 1. The molecule has 0 aliphatic carbocycles. The van der Waals surface area contributed by atoms with Crippen LogP contribution in [0.3, 0.4) is 0 Å². The third-order valence-electron chi connectivity index (χ3n) is 8.44. The average Bonchev–Trinajstić information content (AvgIpc) is 3.37. The van der Waals surface area contributed by atoms with Gasteiger partial charge in [0.25, 0.3) is 5.91 Å². The monoisotopic (exact) mass is 601 g/mol. The van der Waals surface area contributed by atoms with Crippen LogP contribution in [0.15, 0.2) is 71.1 Å². The lowest BCUT2D eigenvalue weighted by Gasteiger charge is -2.32. The zero-order chi connectivity index (χ0) is 30.9. The Morgan fingerprint density at radius 2 is 1.64 bits per heavy atom. The molecule has 234 valence electrons. The van der Waals surface area contributed by atoms with E-state index in [-0.39, 0.29) is 17.9 Å². The normalized spacial score (nSPS) is 16.7. The van der Waals surface area contributed by atoms with Gasteiger partial charge in [-0.1, -0.05) is 48.5 Å². The first-order chi connectivity index (χ1) is 21.4. The molecule has 2 saturated heterocycles. The molecule has 0 bridgehead atoms. The van der Waals surface area contributed by atoms with Crippen molar-refractivity contribution < 1.29 is 23.5 Å². The van der Waals surface area contributed by atoms with Gasteiger partial charge in [-0.25, -0.2) is 4.79 Å². The Morgan fingerprint density at radius 3 is 2.41 bits per heavy atom. The highest BCUT2D eigenvalue weighted by Crippen LogP contribution is 2.28. The molecule has 0 spiro atoms. The number of likely N-dealkylation sites (N-methyl/N-ethyl adjacent to an activating group) is 1. The summed E-state index contributed by atoms with van der Waals surface area (Å²) in [7, 11) is 1.79. The maximum Gasteiger partial charge on any atom is 0.411 e. The molecule has 3 amide bonds. The van der Waals surface area contributed by atoms with Crippen molar-refractivity contribution in [3.63, 3.8) is 0 Å². The molecule has 2 aliphatic rings. The molecule has 0 unspecified atom stereocenters. The molecule has 0 atom stereocenters. The largest absolute Gasteiger partial charge is 0.455 e. The predicted octanol–water partition coefficient (Wildman–Crippen LogP) is 4.79. The number of ether oxygens (including phenoxy) is 1. The summed E-state index contributed by atoms with van der Waals surface area (Å²) in [6.45, 7) is 8.31. The number of anilines is 1. The Kier molecular flexibility index (Phi) is 10.7. The summed E-state index contributed by atoms with van der Waals surface area (Å²) in [5, 5.41) is 2.92. The number of benzene rings is 2. The molecule has 1 aromatic heterocycles. The van der Waals surface area contributed by atoms with Crippen LogP contribution in [0.2, 0.25) is 0 Å². The second-order valence-corrected chi connectivity index (χ2v) is 11.6. The van der Waals surface area contributed by atoms with Crippen LogP contribution < -0.4 is 5.32 Å². The Morgan fingerprint density at radius 1 is 0.886 bits per heavy atom. The van der Waals surface area contributed by atoms with E-state index in [1.54, 1.807) is 24.9 Å². The average molecular weight is 602 g/mol. The van der Waals surface area contributed by atoms with Gasteiger partial charge >= 0.3 is 6.09 Å². The van der Waals surface area contributed by atoms with Crippen molar-refractivity contribution in [3.05, 3.63) is 78.3 Å². The summed E-state index contributed by atoms with van der Waals surface area (Å²) < 4.78 is 11.7. The van der Waals surface area contributed by atoms with Crippen molar-refractivity contribution in [1.29, 1.82) is 0 Å². The number of carbonyl (C=O) groups is 3. The van der Waals surface area contributed by atoms with Crippen LogP contribution >= 0.6 is 0 Å². The molecular formula is C34H43N5O5. The summed E-state index contributed by atoms with van der Waals surface area (Å²) in [6, 6.07) is 21.3. The zero-order valence-electron chi connectivity index (χ0n) is 25.7. The van der Waals surface area contributed by atoms with Crippen LogP contribution in [-0.4, -0.2) is 103 Å². The quantitative estimate of drug-likeness (QED) is 0.377. The molecule has 10 nitrogen and oxygen atoms in total. The van der Waals surface area contributed by atoms with Gasteiger partial charge in [-0.15, -0.1) is 0 Å². The first-order valence-corrected chi connectivity index (χ1v) is 15.5. The predicted molar refractivity (Wildman–Crippen MR) is 169 cm³/mol. The summed E-state index contributed by atoms with van der Waals surface area (Å²) in [5.74, 6) is 1.07. The number of likely N-dealkylation sites (tertiary alicyclic amines) is 1. The Hall–Kier alpha value is -4.15. The minimum Gasteiger partial charge on any atom is -0.455 e. The van der Waals surface area contributed by atoms with E-state index in [9.17, 15) is 14.4 Å². The topological polar surface area (TPSA) is 98.6 Å². The van der Waals surface area contributed by atoms with Crippen molar-refractivity contribution in [2.75, 3.05) is 64.7 Å². The summed E-state index contributed by atoms with van der Waals surface area (Å²) in [4.78, 5) is 45.6. The van der Waals surface area contributed by atoms with E-state index >= 15 is 0 Å². The number of piperidine rings is 1. The fourth-order valence-corrected chi connectivity index (χ4v) is 5.83. The fourth-order valence-electron chi connectivity index (χ4n) is 5.83. The number of hydrogen-bond donors (Lipinski definition) is 1. The van der Waals surface area contributed by atoms with E-state index in [0.717, 1.165) is 81.1 Å². The lowest BCUT2D eigenvalue weighted by molar-refractivity contribution is -0.128. The minimum absolute atomic E-state index is 0.113. The maximum absolute atomic E-state index is 13.0. The first kappa shape index (κ1) is 31.3. The number of furan rings is 1. The number of nitrogens with one attached hydrogen (secondary N) is 1. The number of carbonyl (C=O) groups excluding carboxylic acids is 3. The van der Waals surface area contributed by atoms with Crippen LogP contribution in [0.25, 0.3) is 11.1 Å². The second kappa shape index (κ2) is 15.0. The molecule has 3 aromatic rings. The molecule has 2 aliphatic heterocycles. The SMILES string of the molecule is CC(=O)N1CCCN(Cc2ccc(C(=O)N(C)CCN3CCC(OC(=O)Nc4ccccc4-c4ccccc4)CC3)o2)CC1. The lowest BCUT2D eigenvalue weighted by atomic mass is 10.0. The summed E-state index contributed by atoms with van der Waals surface area (Å²) >= 11 is 0. The Bertz CT molecular complexity index is 1400. The van der Waals surface area contributed by atoms with Gasteiger partial charge in [0.1, 0.15) is 11.9 Å². The smallest absolute Gasteiger partial charge is 0.411 e. The van der Waals surface area contributed by atoms with Crippen LogP contribution in [0, 0.1) is 0 Å². The van der Waals surface area contributed by atoms with Gasteiger partial charge < -0.3 is 23.9 Å². The molecule has 2 fully saturated rings. The third-order valence-corrected chi connectivity index (χ3v) is 8.44. The lowest BCUT2D eigenvalue weighted by Crippen LogP contribution is -2.42. The van der Waals surface area contributed by atoms with E-state index in [1.165, 1.54) is 0 Å². The van der Waals surface area contributed by atoms with Crippen LogP contribution in [-0.2, 0) is 16.1 Å². The van der Waals surface area contributed by atoms with E-state index in [4.69, 9.17) is 9.15 Å². The molecule has 44 heavy (non-hydrogen) atoms. The van der Waals surface area contributed by atoms with Crippen LogP contribution in [0.4, 0.5) is 10.5 Å². The van der Waals surface area contributed by atoms with Gasteiger partial charge in [-0.05, 0) is 43.0 Å². The maximum atomic E-state index is 13.0. The van der Waals surface area contributed by atoms with Gasteiger partial charge in [0.2, 0.25) is 5.91 Å². The first-order valence-electron chi connectivity index (χ1n) is 15.5. The molecule has 0 radical (unpaired) electrons. The Labute approximate surface area is 259 Å². The number of amides is 3. The molecule has 3 heterocycles. The molecular weight excluding hydrogens is 558 g/mol. The molecule has 0 saturated carbocycles. The van der Waals surface area contributed by atoms with Crippen molar-refractivity contribution in [2.24, 2.45) is 0 Å². The standard InChI is InChI=1S/C34H43N5O5/c1-26(40)39-18-8-17-38(23-24-39)25-29-13-14-32(43-29)33(41)36(2)21-22-37-19-15-28(16-20-37)44-34(42)35-31-12-7-6-11-30(31)27-9-4-3-5-10-27/h3-7,9-14,28H,8,15-25H2,1-2H3,(H,35,42). The molecule has 1 N–H and O–H groups in total. The third kappa shape index (κ3) is 8.48. The second-order valence-electron chi connectivity index (χ2n) is 11.6. The highest BCUT2D eigenvalue weighted by atomic mass is 16.6. The number of nitrogens with zero attached hydrogens (tertiary/aromatic N) is 4. The minimum atomic E-state index is -0.441. The van der Waals surface area contributed by atoms with Crippen molar-refractivity contribution >= 4 is 23.6 Å². The number of hydrogen-bond acceptors (Lipinski definition) is 7. The van der Waals surface area contributed by atoms with Gasteiger partial charge in [0.05, 0.1) is 12.2 Å². The van der Waals surface area contributed by atoms with Gasteiger partial charge in [-0.3, -0.25) is 19.8 Å². The van der Waals surface area contributed by atoms with Gasteiger partial charge in [0, 0.05) is 71.9 Å². The molecule has 2 aromatic carbocycles. The Balaban J connectivity index is 1.02. The van der Waals surface area contributed by atoms with E-state index in [2.05, 4.69) is 15.1 Å². The highest BCUT2D eigenvalue weighted by Gasteiger charge is 2.24. The fraction of sp³-hybridized carbons (Fsp3) is 0.441. The van der Waals surface area contributed by atoms with E-state index in [0.29, 0.717) is 25.4 Å². The number of rotatable bonds is 9. The van der Waals surface area contributed by atoms with Crippen molar-refractivity contribution in [2.45, 2.75) is 38.8 Å². The highest BCUT2D eigenvalue weighted by molar-refractivity contribution is 5.92. The van der Waals surface area contributed by atoms with E-state index < -0.39 is 6.09 Å². The van der Waals surface area contributed by atoms with E-state index in [1.807, 2.05) is 65.6 Å². The van der Waals surface area contributed by atoms with Crippen LogP contribution in [0.1, 0.15) is 42.5 Å². The van der Waals surface area contributed by atoms with Crippen LogP contribution in [0.5, 0.6) is 0 Å². The van der Waals surface area contributed by atoms with Gasteiger partial charge in [-0.2, -0.15) is 0 Å². The zero-order valence-corrected chi connectivity index (χ0v) is 25.7. The van der Waals surface area contributed by atoms with Crippen molar-refractivity contribution in [1.82, 2.24) is 19.6 Å².